The number of para-hydroxylation sites is 1. The van der Waals surface area contributed by atoms with Crippen LogP contribution >= 0.6 is 0 Å². The fraction of sp³-hybridized carbons (Fsp3) is 0.607. The SMILES string of the molecule is CC1CCCCO1.CCCCCCC(C)COc1ccccc1-c1ccnc(OCC)c1. The van der Waals surface area contributed by atoms with Crippen LogP contribution in [0.4, 0.5) is 0 Å². The molecule has 4 heteroatoms. The maximum Gasteiger partial charge on any atom is 0.213 e. The zero-order chi connectivity index (χ0) is 23.0. The van der Waals surface area contributed by atoms with E-state index < -0.39 is 0 Å². The Labute approximate surface area is 195 Å². The van der Waals surface area contributed by atoms with Crippen molar-refractivity contribution in [1.29, 1.82) is 0 Å². The van der Waals surface area contributed by atoms with E-state index in [-0.39, 0.29) is 0 Å². The highest BCUT2D eigenvalue weighted by molar-refractivity contribution is 5.70. The van der Waals surface area contributed by atoms with Gasteiger partial charge in [-0.05, 0) is 63.1 Å². The van der Waals surface area contributed by atoms with Crippen molar-refractivity contribution in [2.45, 2.75) is 85.2 Å². The summed E-state index contributed by atoms with van der Waals surface area (Å²) in [6.07, 6.45) is 12.7. The zero-order valence-corrected chi connectivity index (χ0v) is 20.6. The maximum absolute atomic E-state index is 6.15. The molecule has 1 aliphatic heterocycles. The molecule has 0 amide bonds. The molecule has 2 heterocycles. The zero-order valence-electron chi connectivity index (χ0n) is 20.6. The highest BCUT2D eigenvalue weighted by atomic mass is 16.5. The molecule has 178 valence electrons. The Balaban J connectivity index is 0.000000439. The van der Waals surface area contributed by atoms with Crippen molar-refractivity contribution in [1.82, 2.24) is 4.98 Å². The van der Waals surface area contributed by atoms with Gasteiger partial charge in [0.2, 0.25) is 5.88 Å². The van der Waals surface area contributed by atoms with Gasteiger partial charge in [-0.3, -0.25) is 0 Å². The van der Waals surface area contributed by atoms with Gasteiger partial charge in [-0.2, -0.15) is 0 Å². The van der Waals surface area contributed by atoms with Gasteiger partial charge in [-0.15, -0.1) is 0 Å². The van der Waals surface area contributed by atoms with Gasteiger partial charge in [0.25, 0.3) is 0 Å². The Bertz CT molecular complexity index is 743. The van der Waals surface area contributed by atoms with E-state index in [0.29, 0.717) is 24.5 Å². The summed E-state index contributed by atoms with van der Waals surface area (Å²) >= 11 is 0. The molecule has 1 saturated heterocycles. The fourth-order valence-corrected chi connectivity index (χ4v) is 3.77. The summed E-state index contributed by atoms with van der Waals surface area (Å²) in [6.45, 7) is 11.0. The summed E-state index contributed by atoms with van der Waals surface area (Å²) in [5.41, 5.74) is 2.16. The van der Waals surface area contributed by atoms with E-state index in [1.54, 1.807) is 6.20 Å². The van der Waals surface area contributed by atoms with Crippen LogP contribution in [0.2, 0.25) is 0 Å². The van der Waals surface area contributed by atoms with Gasteiger partial charge in [-0.1, -0.05) is 57.7 Å². The quantitative estimate of drug-likeness (QED) is 0.335. The number of benzene rings is 1. The summed E-state index contributed by atoms with van der Waals surface area (Å²) in [6, 6.07) is 12.2. The monoisotopic (exact) mass is 441 g/mol. The molecule has 32 heavy (non-hydrogen) atoms. The van der Waals surface area contributed by atoms with E-state index in [0.717, 1.165) is 30.1 Å². The van der Waals surface area contributed by atoms with Crippen LogP contribution in [0.1, 0.15) is 79.1 Å². The fourth-order valence-electron chi connectivity index (χ4n) is 3.77. The van der Waals surface area contributed by atoms with E-state index in [1.165, 1.54) is 51.4 Å². The van der Waals surface area contributed by atoms with E-state index in [2.05, 4.69) is 31.8 Å². The maximum atomic E-state index is 6.15. The van der Waals surface area contributed by atoms with E-state index in [9.17, 15) is 0 Å². The number of aromatic nitrogens is 1. The largest absolute Gasteiger partial charge is 0.493 e. The number of unbranched alkanes of at least 4 members (excludes halogenated alkanes) is 3. The second kappa shape index (κ2) is 15.7. The van der Waals surface area contributed by atoms with Crippen molar-refractivity contribution in [3.8, 4) is 22.8 Å². The molecule has 1 aromatic heterocycles. The first-order chi connectivity index (χ1) is 15.6. The van der Waals surface area contributed by atoms with Crippen molar-refractivity contribution in [3.05, 3.63) is 42.6 Å². The van der Waals surface area contributed by atoms with E-state index >= 15 is 0 Å². The molecule has 0 saturated carbocycles. The van der Waals surface area contributed by atoms with Crippen molar-refractivity contribution in [2.75, 3.05) is 19.8 Å². The van der Waals surface area contributed by atoms with E-state index in [1.807, 2.05) is 37.3 Å². The first-order valence-electron chi connectivity index (χ1n) is 12.6. The number of rotatable bonds is 11. The van der Waals surface area contributed by atoms with Gasteiger partial charge in [0.15, 0.2) is 0 Å². The highest BCUT2D eigenvalue weighted by Gasteiger charge is 2.10. The lowest BCUT2D eigenvalue weighted by atomic mass is 10.0. The average molecular weight is 442 g/mol. The lowest BCUT2D eigenvalue weighted by molar-refractivity contribution is 0.0285. The van der Waals surface area contributed by atoms with Gasteiger partial charge >= 0.3 is 0 Å². The highest BCUT2D eigenvalue weighted by Crippen LogP contribution is 2.31. The van der Waals surface area contributed by atoms with Crippen LogP contribution in [0.15, 0.2) is 42.6 Å². The van der Waals surface area contributed by atoms with Gasteiger partial charge in [0.1, 0.15) is 5.75 Å². The standard InChI is InChI=1S/C22H31NO2.C6H12O/c1-4-6-7-8-11-18(3)17-25-21-13-10-9-12-20(21)19-14-15-23-22(16-19)24-5-2;1-6-4-2-3-5-7-6/h9-10,12-16,18H,4-8,11,17H2,1-3H3;6H,2-5H2,1H3. The summed E-state index contributed by atoms with van der Waals surface area (Å²) in [7, 11) is 0. The van der Waals surface area contributed by atoms with Gasteiger partial charge in [0, 0.05) is 24.4 Å². The summed E-state index contributed by atoms with van der Waals surface area (Å²) in [5.74, 6) is 2.15. The molecule has 0 N–H and O–H groups in total. The molecule has 2 atom stereocenters. The number of pyridine rings is 1. The predicted octanol–water partition coefficient (Wildman–Crippen LogP) is 7.71. The summed E-state index contributed by atoms with van der Waals surface area (Å²) in [5, 5.41) is 0. The minimum atomic E-state index is 0.536. The van der Waals surface area contributed by atoms with Crippen LogP contribution in [-0.2, 0) is 4.74 Å². The molecule has 0 radical (unpaired) electrons. The Morgan fingerprint density at radius 3 is 2.59 bits per heavy atom. The minimum Gasteiger partial charge on any atom is -0.493 e. The van der Waals surface area contributed by atoms with Crippen LogP contribution in [-0.4, -0.2) is 30.9 Å². The van der Waals surface area contributed by atoms with Crippen molar-refractivity contribution < 1.29 is 14.2 Å². The smallest absolute Gasteiger partial charge is 0.213 e. The number of hydrogen-bond donors (Lipinski definition) is 0. The molecule has 0 spiro atoms. The Morgan fingerprint density at radius 1 is 1.06 bits per heavy atom. The van der Waals surface area contributed by atoms with Gasteiger partial charge in [0.05, 0.1) is 19.3 Å². The third-order valence-electron chi connectivity index (χ3n) is 5.71. The minimum absolute atomic E-state index is 0.536. The normalized spacial score (nSPS) is 16.6. The topological polar surface area (TPSA) is 40.6 Å². The molecule has 2 aromatic rings. The molecule has 2 unspecified atom stereocenters. The Kier molecular flexibility index (Phi) is 12.8. The van der Waals surface area contributed by atoms with Crippen LogP contribution < -0.4 is 9.47 Å². The van der Waals surface area contributed by atoms with Crippen LogP contribution in [0, 0.1) is 5.92 Å². The molecule has 0 bridgehead atoms. The Morgan fingerprint density at radius 2 is 1.91 bits per heavy atom. The van der Waals surface area contributed by atoms with Crippen molar-refractivity contribution in [3.63, 3.8) is 0 Å². The summed E-state index contributed by atoms with van der Waals surface area (Å²) in [4.78, 5) is 4.24. The second-order valence-corrected chi connectivity index (χ2v) is 8.75. The molecule has 1 aromatic carbocycles. The first kappa shape index (κ1) is 26.2. The molecule has 4 nitrogen and oxygen atoms in total. The molecular formula is C28H43NO3. The van der Waals surface area contributed by atoms with Crippen LogP contribution in [0.25, 0.3) is 11.1 Å². The van der Waals surface area contributed by atoms with E-state index in [4.69, 9.17) is 14.2 Å². The molecule has 3 rings (SSSR count). The number of hydrogen-bond acceptors (Lipinski definition) is 4. The molecule has 1 aliphatic rings. The lowest BCUT2D eigenvalue weighted by Crippen LogP contribution is -2.14. The van der Waals surface area contributed by atoms with Crippen molar-refractivity contribution in [2.24, 2.45) is 5.92 Å². The third kappa shape index (κ3) is 10.0. The first-order valence-corrected chi connectivity index (χ1v) is 12.6. The number of ether oxygens (including phenoxy) is 3. The number of nitrogens with zero attached hydrogens (tertiary/aromatic N) is 1. The third-order valence-corrected chi connectivity index (χ3v) is 5.71. The second-order valence-electron chi connectivity index (χ2n) is 8.75. The Hall–Kier alpha value is -2.07. The van der Waals surface area contributed by atoms with Crippen molar-refractivity contribution >= 4 is 0 Å². The summed E-state index contributed by atoms with van der Waals surface area (Å²) < 4.78 is 16.9. The molecular weight excluding hydrogens is 398 g/mol. The average Bonchev–Trinajstić information content (AvgIpc) is 2.82. The van der Waals surface area contributed by atoms with Gasteiger partial charge in [-0.25, -0.2) is 4.98 Å². The molecule has 1 fully saturated rings. The van der Waals surface area contributed by atoms with Gasteiger partial charge < -0.3 is 14.2 Å². The predicted molar refractivity (Wildman–Crippen MR) is 134 cm³/mol. The lowest BCUT2D eigenvalue weighted by Gasteiger charge is -2.17. The van der Waals surface area contributed by atoms with Crippen LogP contribution in [0.3, 0.4) is 0 Å². The van der Waals surface area contributed by atoms with Crippen LogP contribution in [0.5, 0.6) is 11.6 Å². The molecule has 0 aliphatic carbocycles.